The van der Waals surface area contributed by atoms with E-state index in [2.05, 4.69) is 35.3 Å². The fourth-order valence-electron chi connectivity index (χ4n) is 4.27. The van der Waals surface area contributed by atoms with Crippen LogP contribution in [0, 0.1) is 0 Å². The first-order valence-electron chi connectivity index (χ1n) is 10.3. The first-order valence-corrected chi connectivity index (χ1v) is 11.8. The zero-order valence-electron chi connectivity index (χ0n) is 16.5. The first-order chi connectivity index (χ1) is 14.2. The van der Waals surface area contributed by atoms with Gasteiger partial charge in [-0.1, -0.05) is 31.5 Å². The molecule has 0 amide bonds. The van der Waals surface area contributed by atoms with Crippen molar-refractivity contribution in [3.8, 4) is 11.1 Å². The summed E-state index contributed by atoms with van der Waals surface area (Å²) < 4.78 is 13.7. The van der Waals surface area contributed by atoms with Crippen LogP contribution in [0.4, 0.5) is 0 Å². The third-order valence-corrected chi connectivity index (χ3v) is 7.18. The van der Waals surface area contributed by atoms with Crippen molar-refractivity contribution in [3.63, 3.8) is 0 Å². The Morgan fingerprint density at radius 1 is 1.17 bits per heavy atom. The molecule has 5 rings (SSSR count). The highest BCUT2D eigenvalue weighted by Crippen LogP contribution is 2.32. The normalized spacial score (nSPS) is 19.8. The van der Waals surface area contributed by atoms with E-state index in [1.54, 1.807) is 0 Å². The summed E-state index contributed by atoms with van der Waals surface area (Å²) in [5.41, 5.74) is 6.35. The van der Waals surface area contributed by atoms with Crippen LogP contribution in [0.25, 0.3) is 27.7 Å². The van der Waals surface area contributed by atoms with Crippen molar-refractivity contribution in [3.05, 3.63) is 60.2 Å². The predicted octanol–water partition coefficient (Wildman–Crippen LogP) is 4.52. The lowest BCUT2D eigenvalue weighted by Gasteiger charge is -2.23. The molecule has 29 heavy (non-hydrogen) atoms. The highest BCUT2D eigenvalue weighted by molar-refractivity contribution is 7.85. The lowest BCUT2D eigenvalue weighted by Crippen LogP contribution is -2.19. The van der Waals surface area contributed by atoms with Crippen molar-refractivity contribution < 1.29 is 4.21 Å². The van der Waals surface area contributed by atoms with Gasteiger partial charge in [-0.2, -0.15) is 5.10 Å². The summed E-state index contributed by atoms with van der Waals surface area (Å²) in [7, 11) is -0.666. The van der Waals surface area contributed by atoms with Gasteiger partial charge in [0.05, 0.1) is 17.4 Å². The number of hydrogen-bond donors (Lipinski definition) is 0. The summed E-state index contributed by atoms with van der Waals surface area (Å²) in [6.07, 6.45) is 9.91. The van der Waals surface area contributed by atoms with Crippen molar-refractivity contribution in [1.29, 1.82) is 0 Å². The molecule has 0 N–H and O–H groups in total. The minimum absolute atomic E-state index is 0.386. The molecule has 1 fully saturated rings. The Bertz CT molecular complexity index is 1210. The average molecular weight is 405 g/mol. The Hall–Kier alpha value is -2.60. The second-order valence-corrected chi connectivity index (χ2v) is 9.46. The quantitative estimate of drug-likeness (QED) is 0.502. The lowest BCUT2D eigenvalue weighted by atomic mass is 9.93. The molecule has 0 spiro atoms. The number of fused-ring (bicyclic) bond motifs is 2. The second-order valence-electron chi connectivity index (χ2n) is 7.77. The summed E-state index contributed by atoms with van der Waals surface area (Å²) in [6, 6.07) is 10.3. The van der Waals surface area contributed by atoms with Crippen LogP contribution in [-0.4, -0.2) is 35.3 Å². The largest absolute Gasteiger partial charge is 0.260 e. The van der Waals surface area contributed by atoms with Crippen LogP contribution in [0.15, 0.2) is 48.9 Å². The number of aryl methyl sites for hydroxylation is 1. The van der Waals surface area contributed by atoms with Gasteiger partial charge in [0, 0.05) is 57.1 Å². The van der Waals surface area contributed by atoms with E-state index in [1.165, 1.54) is 11.3 Å². The number of rotatable bonds is 4. The van der Waals surface area contributed by atoms with Gasteiger partial charge in [-0.05, 0) is 37.0 Å². The molecule has 4 aromatic rings. The molecule has 1 aliphatic rings. The molecule has 0 atom stereocenters. The van der Waals surface area contributed by atoms with Gasteiger partial charge in [0.2, 0.25) is 0 Å². The molecule has 4 heterocycles. The number of aromatic nitrogens is 4. The number of hydrogen-bond acceptors (Lipinski definition) is 4. The molecular weight excluding hydrogens is 380 g/mol. The van der Waals surface area contributed by atoms with E-state index in [1.807, 2.05) is 35.1 Å². The molecule has 0 radical (unpaired) electrons. The van der Waals surface area contributed by atoms with Crippen LogP contribution in [0.3, 0.4) is 0 Å². The highest BCUT2D eigenvalue weighted by Gasteiger charge is 2.24. The zero-order valence-corrected chi connectivity index (χ0v) is 17.4. The van der Waals surface area contributed by atoms with Crippen LogP contribution < -0.4 is 0 Å². The van der Waals surface area contributed by atoms with Gasteiger partial charge < -0.3 is 0 Å². The van der Waals surface area contributed by atoms with Crippen LogP contribution in [0.2, 0.25) is 0 Å². The Morgan fingerprint density at radius 3 is 2.83 bits per heavy atom. The van der Waals surface area contributed by atoms with E-state index in [9.17, 15) is 4.21 Å². The molecule has 0 unspecified atom stereocenters. The molecule has 3 aromatic heterocycles. The Kier molecular flexibility index (Phi) is 4.87. The molecule has 0 saturated carbocycles. The van der Waals surface area contributed by atoms with Crippen LogP contribution >= 0.6 is 0 Å². The average Bonchev–Trinajstić information content (AvgIpc) is 3.16. The van der Waals surface area contributed by atoms with Gasteiger partial charge in [0.1, 0.15) is 0 Å². The van der Waals surface area contributed by atoms with Crippen molar-refractivity contribution in [2.75, 3.05) is 11.5 Å². The monoisotopic (exact) mass is 404 g/mol. The summed E-state index contributed by atoms with van der Waals surface area (Å²) in [4.78, 5) is 9.75. The third-order valence-electron chi connectivity index (χ3n) is 5.80. The van der Waals surface area contributed by atoms with Crippen molar-refractivity contribution in [2.24, 2.45) is 0 Å². The minimum atomic E-state index is -0.666. The zero-order chi connectivity index (χ0) is 19.8. The van der Waals surface area contributed by atoms with Gasteiger partial charge in [-0.3, -0.25) is 9.19 Å². The molecule has 6 heteroatoms. The van der Waals surface area contributed by atoms with Crippen LogP contribution in [0.1, 0.15) is 43.4 Å². The maximum atomic E-state index is 11.8. The molecule has 0 aliphatic carbocycles. The lowest BCUT2D eigenvalue weighted by molar-refractivity contribution is 0.585. The molecule has 1 saturated heterocycles. The smallest absolute Gasteiger partial charge is 0.163 e. The summed E-state index contributed by atoms with van der Waals surface area (Å²) in [6.45, 7) is 2.19. The number of benzene rings is 1. The standard InChI is InChI=1S/C23H24N4OS/c1-2-5-18-15-27-23(26-22(18)16-8-10-29(28)11-9-16)20(14-25-27)19-12-17-6-3-4-7-21(17)24-13-19/h3-4,6-7,12-16H,2,5,8-11H2,1H3. The summed E-state index contributed by atoms with van der Waals surface area (Å²) in [5, 5.41) is 5.71. The molecule has 1 aromatic carbocycles. The van der Waals surface area contributed by atoms with Gasteiger partial charge in [0.15, 0.2) is 5.65 Å². The minimum Gasteiger partial charge on any atom is -0.260 e. The van der Waals surface area contributed by atoms with Gasteiger partial charge >= 0.3 is 0 Å². The fourth-order valence-corrected chi connectivity index (χ4v) is 5.56. The topological polar surface area (TPSA) is 60.1 Å². The van der Waals surface area contributed by atoms with E-state index in [4.69, 9.17) is 4.98 Å². The molecule has 1 aliphatic heterocycles. The molecule has 0 bridgehead atoms. The van der Waals surface area contributed by atoms with E-state index < -0.39 is 10.8 Å². The first kappa shape index (κ1) is 18.4. The third kappa shape index (κ3) is 3.46. The van der Waals surface area contributed by atoms with Crippen molar-refractivity contribution in [1.82, 2.24) is 19.6 Å². The number of nitrogens with zero attached hydrogens (tertiary/aromatic N) is 4. The Morgan fingerprint density at radius 2 is 2.00 bits per heavy atom. The van der Waals surface area contributed by atoms with E-state index in [0.29, 0.717) is 5.92 Å². The highest BCUT2D eigenvalue weighted by atomic mass is 32.2. The maximum Gasteiger partial charge on any atom is 0.163 e. The van der Waals surface area contributed by atoms with Gasteiger partial charge in [-0.15, -0.1) is 0 Å². The van der Waals surface area contributed by atoms with Crippen LogP contribution in [0.5, 0.6) is 0 Å². The van der Waals surface area contributed by atoms with E-state index >= 15 is 0 Å². The SMILES string of the molecule is CCCc1cn2ncc(-c3cnc4ccccc4c3)c2nc1C1CCS(=O)CC1. The molecular formula is C23H24N4OS. The number of pyridine rings is 1. The molecule has 5 nitrogen and oxygen atoms in total. The van der Waals surface area contributed by atoms with E-state index in [0.717, 1.165) is 64.9 Å². The maximum absolute atomic E-state index is 11.8. The van der Waals surface area contributed by atoms with E-state index in [-0.39, 0.29) is 0 Å². The predicted molar refractivity (Wildman–Crippen MR) is 118 cm³/mol. The van der Waals surface area contributed by atoms with Crippen LogP contribution in [-0.2, 0) is 17.2 Å². The Balaban J connectivity index is 1.63. The molecule has 148 valence electrons. The fraction of sp³-hybridized carbons (Fsp3) is 0.348. The summed E-state index contributed by atoms with van der Waals surface area (Å²) in [5.74, 6) is 1.95. The van der Waals surface area contributed by atoms with Gasteiger partial charge in [-0.25, -0.2) is 9.50 Å². The second kappa shape index (κ2) is 7.67. The Labute approximate surface area is 172 Å². The van der Waals surface area contributed by atoms with Crippen molar-refractivity contribution >= 4 is 27.3 Å². The van der Waals surface area contributed by atoms with Gasteiger partial charge in [0.25, 0.3) is 0 Å². The summed E-state index contributed by atoms with van der Waals surface area (Å²) >= 11 is 0. The number of para-hydroxylation sites is 1. The van der Waals surface area contributed by atoms with Crippen molar-refractivity contribution in [2.45, 2.75) is 38.5 Å².